The van der Waals surface area contributed by atoms with E-state index >= 15 is 0 Å². The first-order valence-electron chi connectivity index (χ1n) is 6.40. The van der Waals surface area contributed by atoms with Crippen molar-refractivity contribution in [3.8, 4) is 0 Å². The lowest BCUT2D eigenvalue weighted by atomic mass is 9.95. The molecular formula is C12H23F3N2. The van der Waals surface area contributed by atoms with E-state index in [2.05, 4.69) is 5.32 Å². The largest absolute Gasteiger partial charge is 0.393 e. The van der Waals surface area contributed by atoms with E-state index in [1.807, 2.05) is 25.7 Å². The summed E-state index contributed by atoms with van der Waals surface area (Å²) < 4.78 is 38.1. The molecule has 0 bridgehead atoms. The summed E-state index contributed by atoms with van der Waals surface area (Å²) >= 11 is 0. The predicted octanol–water partition coefficient (Wildman–Crippen LogP) is 2.65. The van der Waals surface area contributed by atoms with Gasteiger partial charge in [0.25, 0.3) is 0 Å². The van der Waals surface area contributed by atoms with Crippen molar-refractivity contribution >= 4 is 0 Å². The van der Waals surface area contributed by atoms with Gasteiger partial charge in [0.15, 0.2) is 0 Å². The number of likely N-dealkylation sites (N-methyl/N-ethyl adjacent to an activating group) is 1. The summed E-state index contributed by atoms with van der Waals surface area (Å²) in [6.45, 7) is 7.83. The molecule has 0 aromatic carbocycles. The number of halogens is 3. The Kier molecular flexibility index (Phi) is 5.25. The molecule has 102 valence electrons. The van der Waals surface area contributed by atoms with Crippen molar-refractivity contribution in [3.63, 3.8) is 0 Å². The first kappa shape index (κ1) is 14.8. The lowest BCUT2D eigenvalue weighted by molar-refractivity contribution is -0.188. The monoisotopic (exact) mass is 252 g/mol. The topological polar surface area (TPSA) is 15.3 Å². The number of hydrogen-bond acceptors (Lipinski definition) is 2. The quantitative estimate of drug-likeness (QED) is 0.827. The zero-order valence-corrected chi connectivity index (χ0v) is 10.8. The molecule has 0 spiro atoms. The van der Waals surface area contributed by atoms with Crippen molar-refractivity contribution in [1.29, 1.82) is 0 Å². The van der Waals surface area contributed by atoms with Gasteiger partial charge in [-0.15, -0.1) is 0 Å². The van der Waals surface area contributed by atoms with Crippen molar-refractivity contribution < 1.29 is 13.2 Å². The summed E-state index contributed by atoms with van der Waals surface area (Å²) in [5.74, 6) is -1.15. The SMILES string of the molecule is CCNC(C)C(C)N1CCCC(C(F)(F)F)C1. The molecule has 17 heavy (non-hydrogen) atoms. The second-order valence-electron chi connectivity index (χ2n) is 4.96. The molecule has 3 unspecified atom stereocenters. The summed E-state index contributed by atoms with van der Waals surface area (Å²) in [6.07, 6.45) is -3.12. The Morgan fingerprint density at radius 1 is 1.35 bits per heavy atom. The Hall–Kier alpha value is -0.290. The van der Waals surface area contributed by atoms with E-state index in [1.54, 1.807) is 0 Å². The van der Waals surface area contributed by atoms with Gasteiger partial charge in [0.05, 0.1) is 5.92 Å². The summed E-state index contributed by atoms with van der Waals surface area (Å²) in [4.78, 5) is 1.97. The first-order chi connectivity index (χ1) is 7.86. The van der Waals surface area contributed by atoms with Gasteiger partial charge in [-0.1, -0.05) is 6.92 Å². The maximum atomic E-state index is 12.7. The van der Waals surface area contributed by atoms with E-state index in [-0.39, 0.29) is 25.0 Å². The van der Waals surface area contributed by atoms with E-state index in [0.717, 1.165) is 13.1 Å². The standard InChI is InChI=1S/C12H23F3N2/c1-4-16-9(2)10(3)17-7-5-6-11(8-17)12(13,14)15/h9-11,16H,4-8H2,1-3H3. The van der Waals surface area contributed by atoms with Crippen LogP contribution >= 0.6 is 0 Å². The van der Waals surface area contributed by atoms with E-state index in [1.165, 1.54) is 0 Å². The van der Waals surface area contributed by atoms with E-state index in [0.29, 0.717) is 6.42 Å². The third-order valence-electron chi connectivity index (χ3n) is 3.74. The van der Waals surface area contributed by atoms with E-state index in [9.17, 15) is 13.2 Å². The van der Waals surface area contributed by atoms with Crippen LogP contribution in [0.15, 0.2) is 0 Å². The van der Waals surface area contributed by atoms with Crippen LogP contribution in [-0.2, 0) is 0 Å². The molecule has 1 rings (SSSR count). The molecule has 5 heteroatoms. The number of rotatable bonds is 4. The second kappa shape index (κ2) is 6.05. The number of likely N-dealkylation sites (tertiary alicyclic amines) is 1. The molecule has 1 aliphatic heterocycles. The number of piperidine rings is 1. The smallest absolute Gasteiger partial charge is 0.313 e. The molecule has 0 saturated carbocycles. The highest BCUT2D eigenvalue weighted by atomic mass is 19.4. The minimum atomic E-state index is -4.04. The number of hydrogen-bond donors (Lipinski definition) is 1. The van der Waals surface area contributed by atoms with Gasteiger partial charge in [-0.25, -0.2) is 0 Å². The van der Waals surface area contributed by atoms with Crippen molar-refractivity contribution in [2.75, 3.05) is 19.6 Å². The van der Waals surface area contributed by atoms with Crippen LogP contribution in [0.5, 0.6) is 0 Å². The molecule has 1 N–H and O–H groups in total. The van der Waals surface area contributed by atoms with Crippen LogP contribution in [0.4, 0.5) is 13.2 Å². The fourth-order valence-electron chi connectivity index (χ4n) is 2.45. The highest BCUT2D eigenvalue weighted by Gasteiger charge is 2.42. The van der Waals surface area contributed by atoms with Crippen LogP contribution in [0.25, 0.3) is 0 Å². The zero-order chi connectivity index (χ0) is 13.1. The lowest BCUT2D eigenvalue weighted by Crippen LogP contribution is -2.52. The van der Waals surface area contributed by atoms with Crippen LogP contribution < -0.4 is 5.32 Å². The normalized spacial score (nSPS) is 26.8. The minimum absolute atomic E-state index is 0.153. The van der Waals surface area contributed by atoms with Gasteiger partial charge in [-0.05, 0) is 39.8 Å². The number of alkyl halides is 3. The Labute approximate surface area is 102 Å². The molecule has 1 heterocycles. The lowest BCUT2D eigenvalue weighted by Gasteiger charge is -2.39. The van der Waals surface area contributed by atoms with Gasteiger partial charge in [-0.3, -0.25) is 4.90 Å². The molecule has 0 aromatic heterocycles. The van der Waals surface area contributed by atoms with Crippen molar-refractivity contribution in [3.05, 3.63) is 0 Å². The van der Waals surface area contributed by atoms with Crippen LogP contribution in [0.1, 0.15) is 33.6 Å². The summed E-state index contributed by atoms with van der Waals surface area (Å²) in [6, 6.07) is 0.382. The summed E-state index contributed by atoms with van der Waals surface area (Å²) in [7, 11) is 0. The molecule has 0 aliphatic carbocycles. The van der Waals surface area contributed by atoms with Crippen LogP contribution in [0, 0.1) is 5.92 Å². The number of nitrogens with one attached hydrogen (secondary N) is 1. The van der Waals surface area contributed by atoms with Crippen LogP contribution in [0.2, 0.25) is 0 Å². The highest BCUT2D eigenvalue weighted by molar-refractivity contribution is 4.84. The summed E-state index contributed by atoms with van der Waals surface area (Å²) in [5.41, 5.74) is 0. The molecule has 1 aliphatic rings. The Morgan fingerprint density at radius 3 is 2.53 bits per heavy atom. The van der Waals surface area contributed by atoms with Crippen molar-refractivity contribution in [2.45, 2.75) is 51.9 Å². The maximum Gasteiger partial charge on any atom is 0.393 e. The highest BCUT2D eigenvalue weighted by Crippen LogP contribution is 2.33. The van der Waals surface area contributed by atoms with Gasteiger partial charge >= 0.3 is 6.18 Å². The Bertz CT molecular complexity index is 230. The molecule has 1 fully saturated rings. The van der Waals surface area contributed by atoms with Gasteiger partial charge in [0.2, 0.25) is 0 Å². The van der Waals surface area contributed by atoms with Crippen LogP contribution in [-0.4, -0.2) is 42.8 Å². The zero-order valence-electron chi connectivity index (χ0n) is 10.8. The van der Waals surface area contributed by atoms with E-state index in [4.69, 9.17) is 0 Å². The van der Waals surface area contributed by atoms with Gasteiger partial charge in [-0.2, -0.15) is 13.2 Å². The average Bonchev–Trinajstić information content (AvgIpc) is 2.27. The van der Waals surface area contributed by atoms with Gasteiger partial charge < -0.3 is 5.32 Å². The fourth-order valence-corrected chi connectivity index (χ4v) is 2.45. The Morgan fingerprint density at radius 2 is 2.00 bits per heavy atom. The first-order valence-corrected chi connectivity index (χ1v) is 6.40. The minimum Gasteiger partial charge on any atom is -0.313 e. The molecule has 3 atom stereocenters. The molecule has 0 amide bonds. The predicted molar refractivity (Wildman–Crippen MR) is 63.0 cm³/mol. The second-order valence-corrected chi connectivity index (χ2v) is 4.96. The Balaban J connectivity index is 2.54. The van der Waals surface area contributed by atoms with Gasteiger partial charge in [0.1, 0.15) is 0 Å². The maximum absolute atomic E-state index is 12.7. The van der Waals surface area contributed by atoms with E-state index < -0.39 is 12.1 Å². The number of nitrogens with zero attached hydrogens (tertiary/aromatic N) is 1. The average molecular weight is 252 g/mol. The molecule has 0 aromatic rings. The molecule has 0 radical (unpaired) electrons. The van der Waals surface area contributed by atoms with Gasteiger partial charge in [0, 0.05) is 18.6 Å². The molecule has 2 nitrogen and oxygen atoms in total. The van der Waals surface area contributed by atoms with Crippen LogP contribution in [0.3, 0.4) is 0 Å². The van der Waals surface area contributed by atoms with Crippen molar-refractivity contribution in [1.82, 2.24) is 10.2 Å². The molecule has 1 saturated heterocycles. The summed E-state index contributed by atoms with van der Waals surface area (Å²) in [5, 5.41) is 3.27. The third kappa shape index (κ3) is 4.14. The third-order valence-corrected chi connectivity index (χ3v) is 3.74. The molecular weight excluding hydrogens is 229 g/mol. The fraction of sp³-hybridized carbons (Fsp3) is 1.00. The van der Waals surface area contributed by atoms with Crippen molar-refractivity contribution in [2.24, 2.45) is 5.92 Å².